The molecule has 1 aromatic heterocycles. The first-order valence-electron chi connectivity index (χ1n) is 10.1. The molecule has 2 aliphatic rings. The molecule has 2 aromatic carbocycles. The molecule has 3 heterocycles. The molecule has 0 saturated heterocycles. The van der Waals surface area contributed by atoms with Crippen LogP contribution < -0.4 is 14.4 Å². The van der Waals surface area contributed by atoms with Crippen LogP contribution in [0.2, 0.25) is 0 Å². The summed E-state index contributed by atoms with van der Waals surface area (Å²) in [7, 11) is 2.04. The summed E-state index contributed by atoms with van der Waals surface area (Å²) in [5.41, 5.74) is -1.02. The Morgan fingerprint density at radius 3 is 2.44 bits per heavy atom. The van der Waals surface area contributed by atoms with E-state index in [1.54, 1.807) is 24.3 Å². The van der Waals surface area contributed by atoms with Crippen molar-refractivity contribution in [1.29, 1.82) is 0 Å². The van der Waals surface area contributed by atoms with Crippen molar-refractivity contribution in [3.8, 4) is 11.5 Å². The maximum absolute atomic E-state index is 13.9. The first-order valence-corrected chi connectivity index (χ1v) is 10.7. The third-order valence-corrected chi connectivity index (χ3v) is 6.31. The van der Waals surface area contributed by atoms with Gasteiger partial charge in [-0.2, -0.15) is 13.2 Å². The summed E-state index contributed by atoms with van der Waals surface area (Å²) >= 11 is 0. The van der Waals surface area contributed by atoms with E-state index in [-0.39, 0.29) is 30.2 Å². The van der Waals surface area contributed by atoms with Crippen LogP contribution >= 0.6 is 9.24 Å². The molecule has 7 nitrogen and oxygen atoms in total. The Kier molecular flexibility index (Phi) is 5.18. The van der Waals surface area contributed by atoms with Crippen molar-refractivity contribution < 1.29 is 41.8 Å². The summed E-state index contributed by atoms with van der Waals surface area (Å²) in [5, 5.41) is 10.6. The maximum Gasteiger partial charge on any atom is 0.449 e. The molecule has 0 aliphatic carbocycles. The summed E-state index contributed by atoms with van der Waals surface area (Å²) in [4.78, 5) is 27.7. The number of furan rings is 1. The van der Waals surface area contributed by atoms with E-state index in [0.29, 0.717) is 22.7 Å². The second-order valence-electron chi connectivity index (χ2n) is 7.85. The zero-order valence-corrected chi connectivity index (χ0v) is 18.5. The van der Waals surface area contributed by atoms with Crippen molar-refractivity contribution in [3.63, 3.8) is 0 Å². The number of carbonyl (C=O) groups excluding carboxylic acids is 2. The molecule has 5 rings (SSSR count). The Hall–Kier alpha value is -3.36. The van der Waals surface area contributed by atoms with Crippen molar-refractivity contribution in [3.05, 3.63) is 76.7 Å². The van der Waals surface area contributed by atoms with Gasteiger partial charge >= 0.3 is 6.18 Å². The zero-order chi connectivity index (χ0) is 24.3. The van der Waals surface area contributed by atoms with Crippen LogP contribution in [0.1, 0.15) is 33.0 Å². The fourth-order valence-electron chi connectivity index (χ4n) is 4.45. The van der Waals surface area contributed by atoms with Gasteiger partial charge in [0, 0.05) is 11.3 Å². The van der Waals surface area contributed by atoms with E-state index in [2.05, 4.69) is 0 Å². The molecule has 176 valence electrons. The molecule has 1 N–H and O–H groups in total. The second kappa shape index (κ2) is 7.85. The lowest BCUT2D eigenvalue weighted by Crippen LogP contribution is -2.44. The topological polar surface area (TPSA) is 89.2 Å². The van der Waals surface area contributed by atoms with Crippen molar-refractivity contribution in [2.45, 2.75) is 18.1 Å². The molecule has 1 amide bonds. The third kappa shape index (κ3) is 3.28. The minimum absolute atomic E-state index is 0.0634. The molecule has 0 bridgehead atoms. The number of nitrogens with zero attached hydrogens (tertiary/aromatic N) is 1. The number of halogens is 3. The number of rotatable bonds is 5. The molecular weight excluding hydrogens is 474 g/mol. The number of amides is 1. The Balaban J connectivity index is 1.66. The highest BCUT2D eigenvalue weighted by atomic mass is 31.0. The number of ether oxygens (including phenoxy) is 2. The van der Waals surface area contributed by atoms with Gasteiger partial charge < -0.3 is 23.9 Å². The number of hydrogen-bond acceptors (Lipinski definition) is 6. The Morgan fingerprint density at radius 1 is 1.09 bits per heavy atom. The molecule has 11 heteroatoms. The van der Waals surface area contributed by atoms with Gasteiger partial charge in [-0.3, -0.25) is 9.59 Å². The van der Waals surface area contributed by atoms with Crippen LogP contribution in [-0.2, 0) is 22.9 Å². The fraction of sp³-hybridized carbons (Fsp3) is 0.217. The Bertz CT molecular complexity index is 1320. The van der Waals surface area contributed by atoms with Gasteiger partial charge in [0.2, 0.25) is 18.5 Å². The van der Waals surface area contributed by atoms with E-state index >= 15 is 0 Å². The largest absolute Gasteiger partial charge is 0.455 e. The van der Waals surface area contributed by atoms with Crippen LogP contribution in [0.3, 0.4) is 0 Å². The number of para-hydroxylation sites is 1. The van der Waals surface area contributed by atoms with E-state index in [9.17, 15) is 27.9 Å². The standard InChI is InChI=1S/C23H17F3NO6P/c24-23(25,26)19-6-5-12(33-19)9-27-16-4-2-1-3-14(16)22(10-28,21(27)30)15-8-18-17(31-11-32-18)7-13(15)20(29)34/h1-8,28H,9-11,34H2/t22-/m0/s1. The van der Waals surface area contributed by atoms with Crippen molar-refractivity contribution in [2.24, 2.45) is 0 Å². The average Bonchev–Trinajstić information content (AvgIpc) is 3.51. The van der Waals surface area contributed by atoms with Gasteiger partial charge in [-0.1, -0.05) is 27.4 Å². The molecule has 0 fully saturated rings. The van der Waals surface area contributed by atoms with Crippen LogP contribution in [0.25, 0.3) is 0 Å². The number of aliphatic hydroxyl groups excluding tert-OH is 1. The van der Waals surface area contributed by atoms with Crippen LogP contribution in [0.15, 0.2) is 52.9 Å². The molecular formula is C23H17F3NO6P. The summed E-state index contributed by atoms with van der Waals surface area (Å²) in [6, 6.07) is 11.5. The van der Waals surface area contributed by atoms with Crippen molar-refractivity contribution in [2.75, 3.05) is 18.3 Å². The van der Waals surface area contributed by atoms with E-state index in [0.717, 1.165) is 12.1 Å². The van der Waals surface area contributed by atoms with Gasteiger partial charge in [0.15, 0.2) is 17.0 Å². The highest BCUT2D eigenvalue weighted by Crippen LogP contribution is 2.50. The Morgan fingerprint density at radius 2 is 1.79 bits per heavy atom. The number of benzene rings is 2. The summed E-state index contributed by atoms with van der Waals surface area (Å²) < 4.78 is 54.7. The van der Waals surface area contributed by atoms with E-state index in [1.807, 2.05) is 9.24 Å². The molecule has 0 radical (unpaired) electrons. The van der Waals surface area contributed by atoms with E-state index < -0.39 is 35.4 Å². The van der Waals surface area contributed by atoms with Crippen LogP contribution in [0.4, 0.5) is 18.9 Å². The monoisotopic (exact) mass is 491 g/mol. The molecule has 0 spiro atoms. The quantitative estimate of drug-likeness (QED) is 0.546. The number of carbonyl (C=O) groups is 2. The summed E-state index contributed by atoms with van der Waals surface area (Å²) in [5.74, 6) is -1.25. The number of anilines is 1. The smallest absolute Gasteiger partial charge is 0.449 e. The number of alkyl halides is 3. The first kappa shape index (κ1) is 22.4. The van der Waals surface area contributed by atoms with Gasteiger partial charge in [0.05, 0.1) is 13.2 Å². The number of fused-ring (bicyclic) bond motifs is 2. The second-order valence-corrected chi connectivity index (χ2v) is 8.38. The van der Waals surface area contributed by atoms with Crippen molar-refractivity contribution in [1.82, 2.24) is 0 Å². The summed E-state index contributed by atoms with van der Waals surface area (Å²) in [6.45, 7) is -1.07. The third-order valence-electron chi connectivity index (χ3n) is 6.00. The van der Waals surface area contributed by atoms with Gasteiger partial charge in [-0.25, -0.2) is 0 Å². The van der Waals surface area contributed by atoms with Gasteiger partial charge in [-0.05, 0) is 41.5 Å². The normalized spacial score (nSPS) is 19.0. The SMILES string of the molecule is O=C(P)c1cc2c(cc1[C@@]1(CO)C(=O)N(Cc3ccc(C(F)(F)F)o3)c3ccccc31)OCO2. The average molecular weight is 491 g/mol. The highest BCUT2D eigenvalue weighted by Gasteiger charge is 2.53. The molecule has 3 aromatic rings. The molecule has 1 unspecified atom stereocenters. The minimum Gasteiger partial charge on any atom is -0.455 e. The van der Waals surface area contributed by atoms with Gasteiger partial charge in [-0.15, -0.1) is 0 Å². The van der Waals surface area contributed by atoms with Gasteiger partial charge in [0.25, 0.3) is 0 Å². The lowest BCUT2D eigenvalue weighted by Gasteiger charge is -2.29. The number of hydrogen-bond donors (Lipinski definition) is 1. The predicted molar refractivity (Wildman–Crippen MR) is 116 cm³/mol. The van der Waals surface area contributed by atoms with E-state index in [4.69, 9.17) is 13.9 Å². The molecule has 2 atom stereocenters. The first-order chi connectivity index (χ1) is 16.2. The van der Waals surface area contributed by atoms with Gasteiger partial charge in [0.1, 0.15) is 11.2 Å². The number of aliphatic hydroxyl groups is 1. The van der Waals surface area contributed by atoms with E-state index in [1.165, 1.54) is 17.0 Å². The van der Waals surface area contributed by atoms with Crippen LogP contribution in [0.5, 0.6) is 11.5 Å². The zero-order valence-electron chi connectivity index (χ0n) is 17.4. The molecule has 2 aliphatic heterocycles. The minimum atomic E-state index is -4.67. The maximum atomic E-state index is 13.9. The fourth-order valence-corrected chi connectivity index (χ4v) is 4.69. The lowest BCUT2D eigenvalue weighted by atomic mass is 9.74. The molecule has 34 heavy (non-hydrogen) atoms. The molecule has 0 saturated carbocycles. The van der Waals surface area contributed by atoms with Crippen molar-refractivity contribution >= 4 is 26.4 Å². The van der Waals surface area contributed by atoms with Crippen LogP contribution in [0, 0.1) is 0 Å². The lowest BCUT2D eigenvalue weighted by molar-refractivity contribution is -0.153. The predicted octanol–water partition coefficient (Wildman–Crippen LogP) is 3.87. The highest BCUT2D eigenvalue weighted by molar-refractivity contribution is 7.41. The summed E-state index contributed by atoms with van der Waals surface area (Å²) in [6.07, 6.45) is -4.67. The Labute approximate surface area is 193 Å². The van der Waals surface area contributed by atoms with Crippen LogP contribution in [-0.4, -0.2) is 29.9 Å².